The van der Waals surface area contributed by atoms with Gasteiger partial charge in [-0.2, -0.15) is 5.10 Å². The Morgan fingerprint density at radius 2 is 1.76 bits per heavy atom. The molecule has 2 aliphatic heterocycles. The van der Waals surface area contributed by atoms with Gasteiger partial charge in [0.1, 0.15) is 13.1 Å². The highest BCUT2D eigenvalue weighted by molar-refractivity contribution is 6.46. The predicted octanol–water partition coefficient (Wildman–Crippen LogP) is 1.44. The largest absolute Gasteiger partial charge is 0.872 e. The van der Waals surface area contributed by atoms with Crippen molar-refractivity contribution < 1.29 is 24.3 Å². The number of Topliss-reactive ketones (excluding diaryl/α,β-unsaturated/α-hetero) is 1. The lowest BCUT2D eigenvalue weighted by molar-refractivity contribution is -0.907. The van der Waals surface area contributed by atoms with Gasteiger partial charge >= 0.3 is 0 Å². The van der Waals surface area contributed by atoms with Gasteiger partial charge in [0.05, 0.1) is 44.2 Å². The molecular weight excluding hydrogens is 480 g/mol. The van der Waals surface area contributed by atoms with E-state index in [0.717, 1.165) is 29.9 Å². The summed E-state index contributed by atoms with van der Waals surface area (Å²) in [5.41, 5.74) is 3.69. The molecule has 0 spiro atoms. The molecular formula is C30H34N4O4. The number of carbonyl (C=O) groups is 2. The average Bonchev–Trinajstić information content (AvgIpc) is 3.45. The van der Waals surface area contributed by atoms with Gasteiger partial charge in [-0.05, 0) is 36.1 Å². The molecule has 1 atom stereocenters. The number of benzene rings is 2. The van der Waals surface area contributed by atoms with Crippen molar-refractivity contribution in [2.24, 2.45) is 0 Å². The number of nitrogens with zero attached hydrogens (tertiary/aromatic N) is 3. The Morgan fingerprint density at radius 3 is 2.42 bits per heavy atom. The molecule has 1 unspecified atom stereocenters. The van der Waals surface area contributed by atoms with E-state index < -0.39 is 23.5 Å². The maximum atomic E-state index is 14.0. The van der Waals surface area contributed by atoms with E-state index in [1.807, 2.05) is 54.6 Å². The van der Waals surface area contributed by atoms with E-state index in [1.165, 1.54) is 11.1 Å². The molecule has 2 fully saturated rings. The fourth-order valence-corrected chi connectivity index (χ4v) is 5.31. The molecule has 198 valence electrons. The number of rotatable bonds is 7. The summed E-state index contributed by atoms with van der Waals surface area (Å²) in [6.07, 6.45) is 1.49. The quantitative estimate of drug-likeness (QED) is 0.293. The van der Waals surface area contributed by atoms with Crippen molar-refractivity contribution in [1.29, 1.82) is 0 Å². The third-order valence-corrected chi connectivity index (χ3v) is 7.61. The third kappa shape index (κ3) is 4.89. The summed E-state index contributed by atoms with van der Waals surface area (Å²) in [5.74, 6) is -1.44. The van der Waals surface area contributed by atoms with Gasteiger partial charge in [0.2, 0.25) is 5.78 Å². The molecule has 8 nitrogen and oxygen atoms in total. The maximum Gasteiger partial charge on any atom is 0.295 e. The molecule has 1 amide bonds. The van der Waals surface area contributed by atoms with Gasteiger partial charge in [0.25, 0.3) is 5.91 Å². The van der Waals surface area contributed by atoms with E-state index in [0.29, 0.717) is 43.5 Å². The highest BCUT2D eigenvalue weighted by Gasteiger charge is 2.44. The van der Waals surface area contributed by atoms with Gasteiger partial charge in [-0.3, -0.25) is 9.59 Å². The van der Waals surface area contributed by atoms with Gasteiger partial charge in [-0.1, -0.05) is 62.1 Å². The Bertz CT molecular complexity index is 1340. The van der Waals surface area contributed by atoms with E-state index in [-0.39, 0.29) is 5.57 Å². The summed E-state index contributed by atoms with van der Waals surface area (Å²) in [7, 11) is 0. The van der Waals surface area contributed by atoms with Crippen molar-refractivity contribution in [3.8, 4) is 5.69 Å². The molecule has 38 heavy (non-hydrogen) atoms. The molecule has 0 radical (unpaired) electrons. The minimum Gasteiger partial charge on any atom is -0.872 e. The highest BCUT2D eigenvalue weighted by atomic mass is 16.5. The van der Waals surface area contributed by atoms with Crippen LogP contribution >= 0.6 is 0 Å². The summed E-state index contributed by atoms with van der Waals surface area (Å²) < 4.78 is 7.14. The number of likely N-dealkylation sites (tertiary alicyclic amines) is 1. The standard InChI is InChI=1S/C30H34N4O4/c1-20(2)22-9-11-23(12-10-22)27-26(29(36)30(37)33(27)14-13-32-15-17-38-18-16-32)28(35)25-19-31-34(21(25)3)24-7-5-4-6-8-24/h4-12,19-20,27,35H,13-18H2,1-3H3/b28-26+. The van der Waals surface area contributed by atoms with Gasteiger partial charge in [0, 0.05) is 16.8 Å². The van der Waals surface area contributed by atoms with Crippen molar-refractivity contribution >= 4 is 17.4 Å². The van der Waals surface area contributed by atoms with Gasteiger partial charge in [0.15, 0.2) is 0 Å². The summed E-state index contributed by atoms with van der Waals surface area (Å²) in [4.78, 5) is 29.7. The van der Waals surface area contributed by atoms with E-state index in [1.54, 1.807) is 16.5 Å². The van der Waals surface area contributed by atoms with Crippen LogP contribution in [0.3, 0.4) is 0 Å². The maximum absolute atomic E-state index is 14.0. The smallest absolute Gasteiger partial charge is 0.295 e. The second kappa shape index (κ2) is 10.9. The average molecular weight is 515 g/mol. The van der Waals surface area contributed by atoms with Gasteiger partial charge in [-0.15, -0.1) is 0 Å². The summed E-state index contributed by atoms with van der Waals surface area (Å²) >= 11 is 0. The van der Waals surface area contributed by atoms with Crippen LogP contribution in [0, 0.1) is 6.92 Å². The van der Waals surface area contributed by atoms with Gasteiger partial charge < -0.3 is 19.6 Å². The first kappa shape index (κ1) is 25.9. The van der Waals surface area contributed by atoms with Crippen molar-refractivity contribution in [2.45, 2.75) is 32.7 Å². The van der Waals surface area contributed by atoms with Crippen LogP contribution in [0.5, 0.6) is 0 Å². The Kier molecular flexibility index (Phi) is 7.44. The summed E-state index contributed by atoms with van der Waals surface area (Å²) in [5, 5.41) is 18.4. The van der Waals surface area contributed by atoms with Crippen molar-refractivity contribution in [3.05, 3.63) is 88.8 Å². The third-order valence-electron chi connectivity index (χ3n) is 7.61. The van der Waals surface area contributed by atoms with E-state index in [9.17, 15) is 14.7 Å². The van der Waals surface area contributed by atoms with Crippen molar-refractivity contribution in [2.75, 3.05) is 39.4 Å². The van der Waals surface area contributed by atoms with Crippen LogP contribution in [0.15, 0.2) is 66.4 Å². The lowest BCUT2D eigenvalue weighted by Gasteiger charge is -2.30. The number of ether oxygens (including phenoxy) is 1. The van der Waals surface area contributed by atoms with Crippen LogP contribution in [-0.2, 0) is 14.3 Å². The van der Waals surface area contributed by atoms with Gasteiger partial charge in [-0.25, -0.2) is 4.68 Å². The zero-order valence-corrected chi connectivity index (χ0v) is 22.1. The fraction of sp³-hybridized carbons (Fsp3) is 0.367. The van der Waals surface area contributed by atoms with Crippen LogP contribution in [0.4, 0.5) is 0 Å². The number of ketones is 1. The van der Waals surface area contributed by atoms with Crippen LogP contribution in [0.25, 0.3) is 11.4 Å². The number of hydrogen-bond donors (Lipinski definition) is 1. The topological polar surface area (TPSA) is 91.9 Å². The summed E-state index contributed by atoms with van der Waals surface area (Å²) in [6, 6.07) is 16.7. The lowest BCUT2D eigenvalue weighted by Crippen LogP contribution is -3.14. The minimum atomic E-state index is -0.733. The van der Waals surface area contributed by atoms with Crippen LogP contribution in [0.2, 0.25) is 0 Å². The Morgan fingerprint density at radius 1 is 1.08 bits per heavy atom. The zero-order chi connectivity index (χ0) is 26.8. The second-order valence-electron chi connectivity index (χ2n) is 10.3. The lowest BCUT2D eigenvalue weighted by atomic mass is 9.93. The van der Waals surface area contributed by atoms with E-state index in [4.69, 9.17) is 4.74 Å². The molecule has 2 aromatic carbocycles. The monoisotopic (exact) mass is 514 g/mol. The zero-order valence-electron chi connectivity index (χ0n) is 22.1. The fourth-order valence-electron chi connectivity index (χ4n) is 5.31. The molecule has 1 aromatic heterocycles. The van der Waals surface area contributed by atoms with Crippen LogP contribution < -0.4 is 10.0 Å². The predicted molar refractivity (Wildman–Crippen MR) is 142 cm³/mol. The molecule has 0 bridgehead atoms. The molecule has 0 saturated carbocycles. The van der Waals surface area contributed by atoms with Crippen LogP contribution in [-0.4, -0.2) is 65.8 Å². The molecule has 0 aliphatic carbocycles. The van der Waals surface area contributed by atoms with E-state index >= 15 is 0 Å². The molecule has 1 N–H and O–H groups in total. The highest BCUT2D eigenvalue weighted by Crippen LogP contribution is 2.39. The second-order valence-corrected chi connectivity index (χ2v) is 10.3. The normalized spacial score (nSPS) is 20.0. The van der Waals surface area contributed by atoms with Crippen LogP contribution in [0.1, 0.15) is 48.2 Å². The molecule has 8 heteroatoms. The number of nitrogens with one attached hydrogen (secondary N) is 1. The molecule has 3 heterocycles. The number of quaternary nitrogens is 1. The number of hydrogen-bond acceptors (Lipinski definition) is 5. The summed E-state index contributed by atoms with van der Waals surface area (Å²) in [6.45, 7) is 10.2. The molecule has 2 aliphatic rings. The van der Waals surface area contributed by atoms with E-state index in [2.05, 4.69) is 18.9 Å². The molecule has 3 aromatic rings. The number of morpholine rings is 1. The first-order valence-electron chi connectivity index (χ1n) is 13.2. The molecule has 2 saturated heterocycles. The number of aromatic nitrogens is 2. The minimum absolute atomic E-state index is 0.0000129. The number of carbonyl (C=O) groups excluding carboxylic acids is 2. The Balaban J connectivity index is 1.56. The first-order chi connectivity index (χ1) is 18.4. The number of para-hydroxylation sites is 1. The van der Waals surface area contributed by atoms with Crippen molar-refractivity contribution in [1.82, 2.24) is 14.7 Å². The molecule has 5 rings (SSSR count). The number of amides is 1. The SMILES string of the molecule is Cc1c(/C([O-])=C2\C(=O)C(=O)N(CC[NH+]3CCOCC3)C2c2ccc(C(C)C)cc2)cnn1-c1ccccc1. The first-order valence-corrected chi connectivity index (χ1v) is 13.2. The Hall–Kier alpha value is -3.75. The Labute approximate surface area is 223 Å². The van der Waals surface area contributed by atoms with Crippen molar-refractivity contribution in [3.63, 3.8) is 0 Å².